The van der Waals surface area contributed by atoms with Crippen molar-refractivity contribution in [3.8, 4) is 17.2 Å². The molecular formula is C22H18N2O2. The number of carbonyl (C=O) groups excluding carboxylic acids is 1. The van der Waals surface area contributed by atoms with Gasteiger partial charge in [0.05, 0.1) is 11.6 Å². The molecule has 0 saturated heterocycles. The Morgan fingerprint density at radius 2 is 1.73 bits per heavy atom. The van der Waals surface area contributed by atoms with E-state index in [1.54, 1.807) is 13.1 Å². The molecule has 0 bridgehead atoms. The summed E-state index contributed by atoms with van der Waals surface area (Å²) in [5.74, 6) is 0. The van der Waals surface area contributed by atoms with E-state index in [0.717, 1.165) is 16.7 Å². The first-order valence-corrected chi connectivity index (χ1v) is 8.23. The summed E-state index contributed by atoms with van der Waals surface area (Å²) in [6, 6.07) is 26.6. The van der Waals surface area contributed by atoms with Crippen LogP contribution in [0.4, 0.5) is 10.5 Å². The lowest BCUT2D eigenvalue weighted by Crippen LogP contribution is -2.26. The van der Waals surface area contributed by atoms with Crippen molar-refractivity contribution in [1.29, 1.82) is 5.26 Å². The van der Waals surface area contributed by atoms with Crippen LogP contribution in [0.25, 0.3) is 11.1 Å². The summed E-state index contributed by atoms with van der Waals surface area (Å²) in [5.41, 5.74) is 3.95. The SMILES string of the molecule is CN(C(=O)OCc1ccccc1)c1cccc(-c2ccccc2C#N)c1. The molecule has 0 saturated carbocycles. The van der Waals surface area contributed by atoms with Crippen LogP contribution < -0.4 is 4.90 Å². The van der Waals surface area contributed by atoms with Crippen molar-refractivity contribution in [2.24, 2.45) is 0 Å². The first-order valence-electron chi connectivity index (χ1n) is 8.23. The highest BCUT2D eigenvalue weighted by Crippen LogP contribution is 2.27. The molecule has 26 heavy (non-hydrogen) atoms. The number of nitriles is 1. The van der Waals surface area contributed by atoms with Gasteiger partial charge >= 0.3 is 6.09 Å². The second-order valence-corrected chi connectivity index (χ2v) is 5.81. The van der Waals surface area contributed by atoms with Crippen LogP contribution in [0.15, 0.2) is 78.9 Å². The maximum atomic E-state index is 12.3. The van der Waals surface area contributed by atoms with Crippen LogP contribution >= 0.6 is 0 Å². The number of anilines is 1. The molecule has 0 unspecified atom stereocenters. The van der Waals surface area contributed by atoms with Gasteiger partial charge in [0, 0.05) is 12.7 Å². The van der Waals surface area contributed by atoms with Gasteiger partial charge < -0.3 is 4.74 Å². The van der Waals surface area contributed by atoms with Gasteiger partial charge in [0.2, 0.25) is 0 Å². The predicted molar refractivity (Wildman–Crippen MR) is 102 cm³/mol. The Morgan fingerprint density at radius 1 is 1.00 bits per heavy atom. The summed E-state index contributed by atoms with van der Waals surface area (Å²) >= 11 is 0. The first-order chi connectivity index (χ1) is 12.7. The van der Waals surface area contributed by atoms with E-state index in [4.69, 9.17) is 4.74 Å². The fourth-order valence-corrected chi connectivity index (χ4v) is 2.64. The summed E-state index contributed by atoms with van der Waals surface area (Å²) in [6.07, 6.45) is -0.431. The van der Waals surface area contributed by atoms with Gasteiger partial charge in [-0.05, 0) is 34.9 Å². The molecule has 0 fully saturated rings. The standard InChI is InChI=1S/C22H18N2O2/c1-24(22(25)26-16-17-8-3-2-4-9-17)20-12-7-11-18(14-20)21-13-6-5-10-19(21)15-23/h2-14H,16H2,1H3. The second-order valence-electron chi connectivity index (χ2n) is 5.81. The molecule has 0 aliphatic rings. The third kappa shape index (κ3) is 3.90. The van der Waals surface area contributed by atoms with Crippen molar-refractivity contribution in [2.75, 3.05) is 11.9 Å². The lowest BCUT2D eigenvalue weighted by atomic mass is 10.00. The lowest BCUT2D eigenvalue weighted by molar-refractivity contribution is 0.148. The maximum absolute atomic E-state index is 12.3. The molecule has 3 rings (SSSR count). The quantitative estimate of drug-likeness (QED) is 0.670. The van der Waals surface area contributed by atoms with Crippen LogP contribution in [0, 0.1) is 11.3 Å². The number of carbonyl (C=O) groups is 1. The average Bonchev–Trinajstić information content (AvgIpc) is 2.72. The first kappa shape index (κ1) is 17.2. The molecule has 0 aliphatic heterocycles. The molecule has 4 nitrogen and oxygen atoms in total. The van der Waals surface area contributed by atoms with Gasteiger partial charge in [-0.2, -0.15) is 5.26 Å². The number of hydrogen-bond donors (Lipinski definition) is 0. The Kier molecular flexibility index (Phi) is 5.31. The van der Waals surface area contributed by atoms with Gasteiger partial charge in [-0.1, -0.05) is 60.7 Å². The molecule has 4 heteroatoms. The highest BCUT2D eigenvalue weighted by atomic mass is 16.6. The fraction of sp³-hybridized carbons (Fsp3) is 0.0909. The molecule has 0 aromatic heterocycles. The van der Waals surface area contributed by atoms with E-state index in [1.165, 1.54) is 4.90 Å². The van der Waals surface area contributed by atoms with E-state index in [9.17, 15) is 10.1 Å². The smallest absolute Gasteiger partial charge is 0.414 e. The van der Waals surface area contributed by atoms with Gasteiger partial charge in [0.15, 0.2) is 0 Å². The summed E-state index contributed by atoms with van der Waals surface area (Å²) in [5, 5.41) is 9.29. The Labute approximate surface area is 152 Å². The second kappa shape index (κ2) is 8.00. The molecule has 128 valence electrons. The maximum Gasteiger partial charge on any atom is 0.414 e. The van der Waals surface area contributed by atoms with Gasteiger partial charge in [-0.3, -0.25) is 4.90 Å². The van der Waals surface area contributed by atoms with Crippen LogP contribution in [0.2, 0.25) is 0 Å². The normalized spacial score (nSPS) is 10.0. The zero-order chi connectivity index (χ0) is 18.4. The summed E-state index contributed by atoms with van der Waals surface area (Å²) < 4.78 is 5.37. The molecule has 3 aromatic rings. The van der Waals surface area contributed by atoms with Crippen molar-refractivity contribution in [3.63, 3.8) is 0 Å². The number of benzene rings is 3. The minimum absolute atomic E-state index is 0.223. The van der Waals surface area contributed by atoms with Gasteiger partial charge in [0.1, 0.15) is 6.61 Å². The minimum Gasteiger partial charge on any atom is -0.444 e. The Hall–Kier alpha value is -3.58. The minimum atomic E-state index is -0.431. The van der Waals surface area contributed by atoms with Crippen LogP contribution in [-0.2, 0) is 11.3 Å². The molecular weight excluding hydrogens is 324 g/mol. The molecule has 0 spiro atoms. The van der Waals surface area contributed by atoms with Crippen molar-refractivity contribution < 1.29 is 9.53 Å². The Balaban J connectivity index is 1.77. The van der Waals surface area contributed by atoms with Crippen molar-refractivity contribution in [2.45, 2.75) is 6.61 Å². The zero-order valence-corrected chi connectivity index (χ0v) is 14.4. The molecule has 0 atom stereocenters. The van der Waals surface area contributed by atoms with Crippen molar-refractivity contribution in [3.05, 3.63) is 90.0 Å². The third-order valence-electron chi connectivity index (χ3n) is 4.07. The van der Waals surface area contributed by atoms with E-state index in [0.29, 0.717) is 11.3 Å². The highest BCUT2D eigenvalue weighted by Gasteiger charge is 2.14. The van der Waals surface area contributed by atoms with E-state index >= 15 is 0 Å². The third-order valence-corrected chi connectivity index (χ3v) is 4.07. The fourth-order valence-electron chi connectivity index (χ4n) is 2.64. The molecule has 0 radical (unpaired) electrons. The lowest BCUT2D eigenvalue weighted by Gasteiger charge is -2.18. The summed E-state index contributed by atoms with van der Waals surface area (Å²) in [7, 11) is 1.67. The summed E-state index contributed by atoms with van der Waals surface area (Å²) in [6.45, 7) is 0.223. The van der Waals surface area contributed by atoms with E-state index in [2.05, 4.69) is 6.07 Å². The molecule has 1 amide bonds. The van der Waals surface area contributed by atoms with Crippen LogP contribution in [0.1, 0.15) is 11.1 Å². The van der Waals surface area contributed by atoms with Gasteiger partial charge in [-0.15, -0.1) is 0 Å². The van der Waals surface area contributed by atoms with Crippen molar-refractivity contribution in [1.82, 2.24) is 0 Å². The van der Waals surface area contributed by atoms with Crippen LogP contribution in [0.3, 0.4) is 0 Å². The van der Waals surface area contributed by atoms with Gasteiger partial charge in [-0.25, -0.2) is 4.79 Å². The summed E-state index contributed by atoms with van der Waals surface area (Å²) in [4.78, 5) is 13.8. The van der Waals surface area contributed by atoms with E-state index in [1.807, 2.05) is 72.8 Å². The number of nitrogens with zero attached hydrogens (tertiary/aromatic N) is 2. The topological polar surface area (TPSA) is 53.3 Å². The molecule has 0 heterocycles. The number of rotatable bonds is 4. The van der Waals surface area contributed by atoms with Crippen molar-refractivity contribution >= 4 is 11.8 Å². The largest absolute Gasteiger partial charge is 0.444 e. The van der Waals surface area contributed by atoms with Crippen LogP contribution in [0.5, 0.6) is 0 Å². The highest BCUT2D eigenvalue weighted by molar-refractivity contribution is 5.88. The molecule has 0 N–H and O–H groups in total. The van der Waals surface area contributed by atoms with E-state index in [-0.39, 0.29) is 6.61 Å². The number of hydrogen-bond acceptors (Lipinski definition) is 3. The monoisotopic (exact) mass is 342 g/mol. The molecule has 3 aromatic carbocycles. The zero-order valence-electron chi connectivity index (χ0n) is 14.4. The number of amides is 1. The van der Waals surface area contributed by atoms with Crippen LogP contribution in [-0.4, -0.2) is 13.1 Å². The average molecular weight is 342 g/mol. The predicted octanol–water partition coefficient (Wildman–Crippen LogP) is 5.00. The Bertz CT molecular complexity index is 946. The number of ether oxygens (including phenoxy) is 1. The Morgan fingerprint density at radius 3 is 2.50 bits per heavy atom. The van der Waals surface area contributed by atoms with E-state index < -0.39 is 6.09 Å². The molecule has 0 aliphatic carbocycles. The van der Waals surface area contributed by atoms with Gasteiger partial charge in [0.25, 0.3) is 0 Å².